The van der Waals surface area contributed by atoms with E-state index in [-0.39, 0.29) is 6.61 Å². The molecule has 0 aliphatic rings. The molecule has 0 aliphatic heterocycles. The number of hydrogen-bond donors (Lipinski definition) is 3. The molecule has 0 spiro atoms. The number of nitrogens with one attached hydrogen (secondary N) is 1. The summed E-state index contributed by atoms with van der Waals surface area (Å²) in [5, 5.41) is 12.2. The van der Waals surface area contributed by atoms with Gasteiger partial charge in [0.25, 0.3) is 0 Å². The maximum atomic E-state index is 8.88. The van der Waals surface area contributed by atoms with Gasteiger partial charge >= 0.3 is 0 Å². The van der Waals surface area contributed by atoms with E-state index < -0.39 is 0 Å². The fourth-order valence-electron chi connectivity index (χ4n) is 2.13. The molecule has 0 amide bonds. The van der Waals surface area contributed by atoms with Gasteiger partial charge in [-0.1, -0.05) is 0 Å². The predicted octanol–water partition coefficient (Wildman–Crippen LogP) is 2.73. The Labute approximate surface area is 126 Å². The highest BCUT2D eigenvalue weighted by molar-refractivity contribution is 7.22. The second-order valence-electron chi connectivity index (χ2n) is 4.66. The lowest BCUT2D eigenvalue weighted by molar-refractivity contribution is 0.292. The van der Waals surface area contributed by atoms with Gasteiger partial charge in [-0.2, -0.15) is 0 Å². The van der Waals surface area contributed by atoms with Crippen molar-refractivity contribution < 1.29 is 5.11 Å². The summed E-state index contributed by atoms with van der Waals surface area (Å²) in [6, 6.07) is 7.84. The third-order valence-corrected chi connectivity index (χ3v) is 4.32. The Morgan fingerprint density at radius 3 is 2.81 bits per heavy atom. The highest BCUT2D eigenvalue weighted by Gasteiger charge is 2.10. The van der Waals surface area contributed by atoms with Crippen LogP contribution in [-0.4, -0.2) is 28.2 Å². The number of aliphatic hydroxyl groups is 1. The first-order chi connectivity index (χ1) is 10.3. The summed E-state index contributed by atoms with van der Waals surface area (Å²) in [4.78, 5) is 9.57. The van der Waals surface area contributed by atoms with Crippen LogP contribution in [0.3, 0.4) is 0 Å². The minimum absolute atomic E-state index is 0.170. The zero-order valence-corrected chi connectivity index (χ0v) is 12.2. The first-order valence-corrected chi connectivity index (χ1v) is 7.55. The molecule has 21 heavy (non-hydrogen) atoms. The highest BCUT2D eigenvalue weighted by Crippen LogP contribution is 2.37. The molecule has 3 aromatic rings. The molecule has 0 aliphatic carbocycles. The van der Waals surface area contributed by atoms with E-state index in [2.05, 4.69) is 15.3 Å². The Morgan fingerprint density at radius 1 is 1.24 bits per heavy atom. The Bertz CT molecular complexity index is 742. The molecule has 3 heterocycles. The SMILES string of the molecule is Nc1cc(NCCCO)c2sc(-c3ccncc3)cc2n1. The van der Waals surface area contributed by atoms with Gasteiger partial charge in [0.05, 0.1) is 15.9 Å². The van der Waals surface area contributed by atoms with Crippen LogP contribution in [0.5, 0.6) is 0 Å². The fraction of sp³-hybridized carbons (Fsp3) is 0.200. The number of anilines is 2. The molecule has 0 fully saturated rings. The molecule has 0 atom stereocenters. The number of rotatable bonds is 5. The van der Waals surface area contributed by atoms with Gasteiger partial charge < -0.3 is 16.2 Å². The molecule has 0 saturated heterocycles. The van der Waals surface area contributed by atoms with Crippen molar-refractivity contribution in [1.29, 1.82) is 0 Å². The summed E-state index contributed by atoms with van der Waals surface area (Å²) in [5.41, 5.74) is 8.85. The van der Waals surface area contributed by atoms with E-state index in [4.69, 9.17) is 10.8 Å². The van der Waals surface area contributed by atoms with Gasteiger partial charge in [-0.25, -0.2) is 4.98 Å². The quantitative estimate of drug-likeness (QED) is 0.631. The number of pyridine rings is 2. The number of nitrogen functional groups attached to an aromatic ring is 1. The monoisotopic (exact) mass is 300 g/mol. The summed E-state index contributed by atoms with van der Waals surface area (Å²) in [6.45, 7) is 0.876. The van der Waals surface area contributed by atoms with E-state index >= 15 is 0 Å². The lowest BCUT2D eigenvalue weighted by Crippen LogP contribution is -2.04. The lowest BCUT2D eigenvalue weighted by atomic mass is 10.2. The Hall–Kier alpha value is -2.18. The Morgan fingerprint density at radius 2 is 2.05 bits per heavy atom. The van der Waals surface area contributed by atoms with Crippen LogP contribution in [0.2, 0.25) is 0 Å². The first kappa shape index (κ1) is 13.8. The Balaban J connectivity index is 2.02. The van der Waals surface area contributed by atoms with E-state index in [0.29, 0.717) is 18.8 Å². The van der Waals surface area contributed by atoms with Gasteiger partial charge in [0.1, 0.15) is 5.82 Å². The van der Waals surface area contributed by atoms with E-state index in [1.165, 1.54) is 0 Å². The number of aromatic nitrogens is 2. The smallest absolute Gasteiger partial charge is 0.126 e. The van der Waals surface area contributed by atoms with Gasteiger partial charge in [-0.05, 0) is 30.2 Å². The zero-order valence-electron chi connectivity index (χ0n) is 11.4. The normalized spacial score (nSPS) is 10.9. The number of fused-ring (bicyclic) bond motifs is 1. The number of hydrogen-bond acceptors (Lipinski definition) is 6. The van der Waals surface area contributed by atoms with E-state index in [9.17, 15) is 0 Å². The third kappa shape index (κ3) is 2.96. The molecule has 0 unspecified atom stereocenters. The molecule has 108 valence electrons. The van der Waals surface area contributed by atoms with Crippen LogP contribution < -0.4 is 11.1 Å². The summed E-state index contributed by atoms with van der Waals surface area (Å²) in [6.07, 6.45) is 4.26. The van der Waals surface area contributed by atoms with Crippen molar-refractivity contribution in [1.82, 2.24) is 9.97 Å². The van der Waals surface area contributed by atoms with E-state index in [0.717, 1.165) is 26.3 Å². The average molecular weight is 300 g/mol. The number of nitrogens with zero attached hydrogens (tertiary/aromatic N) is 2. The van der Waals surface area contributed by atoms with Crippen molar-refractivity contribution in [3.8, 4) is 10.4 Å². The van der Waals surface area contributed by atoms with Gasteiger partial charge in [-0.3, -0.25) is 4.98 Å². The molecule has 5 nitrogen and oxygen atoms in total. The second-order valence-corrected chi connectivity index (χ2v) is 5.71. The minimum Gasteiger partial charge on any atom is -0.396 e. The maximum absolute atomic E-state index is 8.88. The van der Waals surface area contributed by atoms with Gasteiger partial charge in [0, 0.05) is 36.5 Å². The summed E-state index contributed by atoms with van der Waals surface area (Å²) in [7, 11) is 0. The zero-order chi connectivity index (χ0) is 14.7. The summed E-state index contributed by atoms with van der Waals surface area (Å²) in [5.74, 6) is 0.494. The van der Waals surface area contributed by atoms with Crippen LogP contribution >= 0.6 is 11.3 Å². The third-order valence-electron chi connectivity index (χ3n) is 3.11. The summed E-state index contributed by atoms with van der Waals surface area (Å²) >= 11 is 1.67. The van der Waals surface area contributed by atoms with Gasteiger partial charge in [0.2, 0.25) is 0 Å². The molecule has 0 saturated carbocycles. The van der Waals surface area contributed by atoms with Crippen molar-refractivity contribution in [2.75, 3.05) is 24.2 Å². The topological polar surface area (TPSA) is 84.1 Å². The molecule has 3 rings (SSSR count). The first-order valence-electron chi connectivity index (χ1n) is 6.73. The van der Waals surface area contributed by atoms with Crippen LogP contribution in [0, 0.1) is 0 Å². The number of thiophene rings is 1. The highest BCUT2D eigenvalue weighted by atomic mass is 32.1. The molecule has 4 N–H and O–H groups in total. The summed E-state index contributed by atoms with van der Waals surface area (Å²) < 4.78 is 1.08. The van der Waals surface area contributed by atoms with Crippen LogP contribution in [0.25, 0.3) is 20.7 Å². The van der Waals surface area contributed by atoms with Crippen LogP contribution in [0.15, 0.2) is 36.7 Å². The maximum Gasteiger partial charge on any atom is 0.126 e. The molecular weight excluding hydrogens is 284 g/mol. The Kier molecular flexibility index (Phi) is 3.98. The van der Waals surface area contributed by atoms with Crippen LogP contribution in [0.1, 0.15) is 6.42 Å². The van der Waals surface area contributed by atoms with Crippen molar-refractivity contribution >= 4 is 33.1 Å². The standard InChI is InChI=1S/C15H16N4OS/c16-14-9-11(18-4-1-7-20)15-12(19-14)8-13(21-15)10-2-5-17-6-3-10/h2-3,5-6,8-9,20H,1,4,7H2,(H3,16,18,19). The predicted molar refractivity (Wildman–Crippen MR) is 87.5 cm³/mol. The number of aliphatic hydroxyl groups excluding tert-OH is 1. The van der Waals surface area contributed by atoms with Crippen LogP contribution in [-0.2, 0) is 0 Å². The van der Waals surface area contributed by atoms with E-state index in [1.807, 2.05) is 24.3 Å². The molecule has 3 aromatic heterocycles. The number of nitrogens with two attached hydrogens (primary N) is 1. The lowest BCUT2D eigenvalue weighted by Gasteiger charge is -2.07. The molecule has 0 aromatic carbocycles. The van der Waals surface area contributed by atoms with Crippen molar-refractivity contribution in [2.24, 2.45) is 0 Å². The minimum atomic E-state index is 0.170. The van der Waals surface area contributed by atoms with E-state index in [1.54, 1.807) is 23.7 Å². The van der Waals surface area contributed by atoms with Crippen molar-refractivity contribution in [3.63, 3.8) is 0 Å². The molecule has 0 radical (unpaired) electrons. The van der Waals surface area contributed by atoms with Gasteiger partial charge in [-0.15, -0.1) is 11.3 Å². The molecular formula is C15H16N4OS. The largest absolute Gasteiger partial charge is 0.396 e. The van der Waals surface area contributed by atoms with Gasteiger partial charge in [0.15, 0.2) is 0 Å². The molecule has 0 bridgehead atoms. The molecule has 6 heteroatoms. The fourth-order valence-corrected chi connectivity index (χ4v) is 3.23. The van der Waals surface area contributed by atoms with Crippen LogP contribution in [0.4, 0.5) is 11.5 Å². The second kappa shape index (κ2) is 6.07. The average Bonchev–Trinajstić information content (AvgIpc) is 2.92. The van der Waals surface area contributed by atoms with Crippen molar-refractivity contribution in [2.45, 2.75) is 6.42 Å². The van der Waals surface area contributed by atoms with Crippen molar-refractivity contribution in [3.05, 3.63) is 36.7 Å².